The van der Waals surface area contributed by atoms with Crippen molar-refractivity contribution in [3.8, 4) is 22.9 Å². The first-order valence-corrected chi connectivity index (χ1v) is 7.75. The van der Waals surface area contributed by atoms with Crippen molar-refractivity contribution in [2.75, 3.05) is 6.79 Å². The van der Waals surface area contributed by atoms with Crippen LogP contribution >= 0.6 is 11.6 Å². The topological polar surface area (TPSA) is 54.1 Å². The van der Waals surface area contributed by atoms with Crippen molar-refractivity contribution >= 4 is 11.6 Å². The van der Waals surface area contributed by atoms with E-state index in [9.17, 15) is 0 Å². The molecule has 0 aliphatic carbocycles. The summed E-state index contributed by atoms with van der Waals surface area (Å²) in [6.45, 7) is 1.99. The first-order chi connectivity index (χ1) is 11.3. The second-order valence-electron chi connectivity index (χ2n) is 5.28. The minimum Gasteiger partial charge on any atom is -0.454 e. The quantitative estimate of drug-likeness (QED) is 0.720. The highest BCUT2D eigenvalue weighted by molar-refractivity contribution is 6.33. The molecule has 3 heterocycles. The van der Waals surface area contributed by atoms with E-state index in [4.69, 9.17) is 21.1 Å². The molecule has 3 aromatic rings. The number of fused-ring (bicyclic) bond motifs is 1. The number of hydrogen-bond acceptors (Lipinski definition) is 4. The Hall–Kier alpha value is -2.47. The Kier molecular flexibility index (Phi) is 3.67. The largest absolute Gasteiger partial charge is 0.454 e. The molecule has 118 valence electrons. The molecule has 0 saturated carbocycles. The fraction of sp³-hybridized carbons (Fsp3) is 0.250. The van der Waals surface area contributed by atoms with Crippen molar-refractivity contribution in [1.82, 2.24) is 19.1 Å². The van der Waals surface area contributed by atoms with Gasteiger partial charge in [0.1, 0.15) is 5.82 Å². The molecule has 0 saturated heterocycles. The van der Waals surface area contributed by atoms with Crippen LogP contribution in [-0.2, 0) is 13.1 Å². The Balaban J connectivity index is 1.55. The number of aryl methyl sites for hydroxylation is 2. The van der Waals surface area contributed by atoms with E-state index >= 15 is 0 Å². The van der Waals surface area contributed by atoms with Crippen molar-refractivity contribution < 1.29 is 9.47 Å². The molecule has 23 heavy (non-hydrogen) atoms. The molecule has 1 aliphatic rings. The molecule has 0 amide bonds. The van der Waals surface area contributed by atoms with Gasteiger partial charge in [0, 0.05) is 49.5 Å². The molecule has 0 fully saturated rings. The third kappa shape index (κ3) is 2.77. The average molecular weight is 331 g/mol. The summed E-state index contributed by atoms with van der Waals surface area (Å²) in [4.78, 5) is 8.50. The number of ether oxygens (including phenoxy) is 2. The van der Waals surface area contributed by atoms with Crippen molar-refractivity contribution in [2.24, 2.45) is 0 Å². The Morgan fingerprint density at radius 3 is 2.78 bits per heavy atom. The summed E-state index contributed by atoms with van der Waals surface area (Å²) < 4.78 is 14.9. The van der Waals surface area contributed by atoms with Gasteiger partial charge in [-0.05, 0) is 12.5 Å². The lowest BCUT2D eigenvalue weighted by molar-refractivity contribution is 0.174. The molecule has 6 nitrogen and oxygen atoms in total. The summed E-state index contributed by atoms with van der Waals surface area (Å²) in [6.07, 6.45) is 10.3. The van der Waals surface area contributed by atoms with Crippen LogP contribution in [0.3, 0.4) is 0 Å². The molecule has 0 unspecified atom stereocenters. The number of rotatable bonds is 5. The van der Waals surface area contributed by atoms with Crippen LogP contribution in [0.25, 0.3) is 11.4 Å². The van der Waals surface area contributed by atoms with Crippen LogP contribution in [0.5, 0.6) is 11.5 Å². The lowest BCUT2D eigenvalue weighted by atomic mass is 10.2. The van der Waals surface area contributed by atoms with Crippen molar-refractivity contribution in [1.29, 1.82) is 0 Å². The van der Waals surface area contributed by atoms with Gasteiger partial charge in [-0.2, -0.15) is 0 Å². The predicted molar refractivity (Wildman–Crippen MR) is 85.6 cm³/mol. The van der Waals surface area contributed by atoms with Gasteiger partial charge in [-0.25, -0.2) is 9.97 Å². The maximum atomic E-state index is 6.39. The van der Waals surface area contributed by atoms with E-state index < -0.39 is 0 Å². The van der Waals surface area contributed by atoms with Crippen LogP contribution in [-0.4, -0.2) is 25.9 Å². The minimum atomic E-state index is 0.231. The van der Waals surface area contributed by atoms with E-state index in [0.717, 1.165) is 30.9 Å². The molecule has 4 rings (SSSR count). The smallest absolute Gasteiger partial charge is 0.231 e. The van der Waals surface area contributed by atoms with Crippen molar-refractivity contribution in [2.45, 2.75) is 19.5 Å². The van der Waals surface area contributed by atoms with Crippen molar-refractivity contribution in [3.63, 3.8) is 0 Å². The maximum Gasteiger partial charge on any atom is 0.231 e. The summed E-state index contributed by atoms with van der Waals surface area (Å²) in [5, 5.41) is 0.608. The number of aromatic nitrogens is 4. The summed E-state index contributed by atoms with van der Waals surface area (Å²) in [5.41, 5.74) is 0.851. The van der Waals surface area contributed by atoms with Gasteiger partial charge in [0.25, 0.3) is 0 Å². The third-order valence-electron chi connectivity index (χ3n) is 3.79. The number of halogens is 1. The molecule has 0 bridgehead atoms. The third-order valence-corrected chi connectivity index (χ3v) is 4.11. The zero-order valence-electron chi connectivity index (χ0n) is 12.4. The fourth-order valence-corrected chi connectivity index (χ4v) is 2.90. The van der Waals surface area contributed by atoms with Gasteiger partial charge in [-0.1, -0.05) is 11.6 Å². The molecule has 0 atom stereocenters. The lowest BCUT2D eigenvalue weighted by Gasteiger charge is -2.10. The van der Waals surface area contributed by atoms with E-state index in [2.05, 4.69) is 19.1 Å². The van der Waals surface area contributed by atoms with E-state index in [1.54, 1.807) is 18.5 Å². The molecular weight excluding hydrogens is 316 g/mol. The number of hydrogen-bond donors (Lipinski definition) is 0. The summed E-state index contributed by atoms with van der Waals surface area (Å²) in [7, 11) is 0. The van der Waals surface area contributed by atoms with E-state index in [1.165, 1.54) is 0 Å². The van der Waals surface area contributed by atoms with Crippen molar-refractivity contribution in [3.05, 3.63) is 48.3 Å². The van der Waals surface area contributed by atoms with E-state index in [-0.39, 0.29) is 6.79 Å². The van der Waals surface area contributed by atoms with Gasteiger partial charge in [-0.3, -0.25) is 0 Å². The molecule has 1 aliphatic heterocycles. The Bertz CT molecular complexity index is 814. The first-order valence-electron chi connectivity index (χ1n) is 7.37. The van der Waals surface area contributed by atoms with Crippen LogP contribution in [0.15, 0.2) is 43.2 Å². The van der Waals surface area contributed by atoms with Gasteiger partial charge in [0.15, 0.2) is 11.5 Å². The predicted octanol–water partition coefficient (Wildman–Crippen LogP) is 3.22. The van der Waals surface area contributed by atoms with Crippen LogP contribution in [0.2, 0.25) is 5.02 Å². The molecule has 0 radical (unpaired) electrons. The average Bonchev–Trinajstić information content (AvgIpc) is 3.27. The molecule has 1 aromatic carbocycles. The van der Waals surface area contributed by atoms with E-state index in [0.29, 0.717) is 16.5 Å². The maximum absolute atomic E-state index is 6.39. The highest BCUT2D eigenvalue weighted by atomic mass is 35.5. The highest BCUT2D eigenvalue weighted by Crippen LogP contribution is 2.40. The molecule has 0 spiro atoms. The van der Waals surface area contributed by atoms with Gasteiger partial charge < -0.3 is 18.6 Å². The van der Waals surface area contributed by atoms with Gasteiger partial charge >= 0.3 is 0 Å². The molecule has 2 aromatic heterocycles. The molecule has 0 N–H and O–H groups in total. The first kappa shape index (κ1) is 14.1. The zero-order chi connectivity index (χ0) is 15.6. The SMILES string of the molecule is Clc1cc2c(cc1-c1nccn1CCCn1ccnc1)OCO2. The second kappa shape index (κ2) is 5.96. The minimum absolute atomic E-state index is 0.231. The lowest BCUT2D eigenvalue weighted by Crippen LogP contribution is -2.04. The van der Waals surface area contributed by atoms with Crippen LogP contribution < -0.4 is 9.47 Å². The number of benzene rings is 1. The Labute approximate surface area is 138 Å². The fourth-order valence-electron chi connectivity index (χ4n) is 2.67. The summed E-state index contributed by atoms with van der Waals surface area (Å²) in [5.74, 6) is 2.22. The monoisotopic (exact) mass is 330 g/mol. The van der Waals surface area contributed by atoms with Crippen LogP contribution in [0.4, 0.5) is 0 Å². The normalized spacial score (nSPS) is 12.7. The Morgan fingerprint density at radius 2 is 1.96 bits per heavy atom. The molecular formula is C16H15ClN4O2. The van der Waals surface area contributed by atoms with Gasteiger partial charge in [0.2, 0.25) is 6.79 Å². The number of nitrogens with zero attached hydrogens (tertiary/aromatic N) is 4. The molecule has 7 heteroatoms. The van der Waals surface area contributed by atoms with Gasteiger partial charge in [-0.15, -0.1) is 0 Å². The number of imidazole rings is 2. The van der Waals surface area contributed by atoms with Crippen LogP contribution in [0.1, 0.15) is 6.42 Å². The second-order valence-corrected chi connectivity index (χ2v) is 5.69. The van der Waals surface area contributed by atoms with E-state index in [1.807, 2.05) is 24.8 Å². The van der Waals surface area contributed by atoms with Gasteiger partial charge in [0.05, 0.1) is 11.3 Å². The Morgan fingerprint density at radius 1 is 1.09 bits per heavy atom. The standard InChI is InChI=1S/C16H15ClN4O2/c17-13-9-15-14(22-11-23-15)8-12(13)16-19-3-7-21(16)5-1-4-20-6-2-18-10-20/h2-3,6-10H,1,4-5,11H2. The highest BCUT2D eigenvalue weighted by Gasteiger charge is 2.19. The van der Waals surface area contributed by atoms with Crippen LogP contribution in [0, 0.1) is 0 Å². The summed E-state index contributed by atoms with van der Waals surface area (Å²) in [6, 6.07) is 3.67. The zero-order valence-corrected chi connectivity index (χ0v) is 13.1. The summed E-state index contributed by atoms with van der Waals surface area (Å²) >= 11 is 6.39.